The summed E-state index contributed by atoms with van der Waals surface area (Å²) in [5, 5.41) is 4.07. The first-order valence-corrected chi connectivity index (χ1v) is 8.49. The molecule has 0 amide bonds. The lowest BCUT2D eigenvalue weighted by Gasteiger charge is -2.32. The molecule has 4 rings (SSSR count). The van der Waals surface area contributed by atoms with Crippen LogP contribution < -0.4 is 9.64 Å². The maximum atomic E-state index is 12.3. The van der Waals surface area contributed by atoms with E-state index in [0.29, 0.717) is 31.5 Å². The second kappa shape index (κ2) is 7.71. The van der Waals surface area contributed by atoms with Gasteiger partial charge in [-0.05, 0) is 35.0 Å². The molecule has 0 radical (unpaired) electrons. The lowest BCUT2D eigenvalue weighted by Crippen LogP contribution is -2.39. The molecule has 0 bridgehead atoms. The van der Waals surface area contributed by atoms with Gasteiger partial charge in [0.2, 0.25) is 0 Å². The smallest absolute Gasteiger partial charge is 0.387 e. The number of alkyl halides is 2. The minimum atomic E-state index is -2.84. The molecule has 3 aromatic rings. The minimum absolute atomic E-state index is 0.118. The Labute approximate surface area is 154 Å². The lowest BCUT2D eigenvalue weighted by molar-refractivity contribution is -0.0498. The third kappa shape index (κ3) is 4.06. The topological polar surface area (TPSA) is 60.6 Å². The molecule has 0 N–H and O–H groups in total. The molecule has 0 saturated carbocycles. The van der Waals surface area contributed by atoms with Gasteiger partial charge >= 0.3 is 6.61 Å². The first-order valence-electron chi connectivity index (χ1n) is 8.49. The molecular weight excluding hydrogens is 356 g/mol. The molecule has 1 fully saturated rings. The zero-order valence-corrected chi connectivity index (χ0v) is 14.3. The van der Waals surface area contributed by atoms with E-state index < -0.39 is 6.61 Å². The quantitative estimate of drug-likeness (QED) is 0.676. The highest BCUT2D eigenvalue weighted by Crippen LogP contribution is 2.28. The van der Waals surface area contributed by atoms with E-state index >= 15 is 0 Å². The highest BCUT2D eigenvalue weighted by Gasteiger charge is 2.25. The SMILES string of the molecule is FC(F)Oc1ccc(C2CN(c3noc(-c4ccccc4)n3)CCO2)cc1. The van der Waals surface area contributed by atoms with Gasteiger partial charge in [-0.1, -0.05) is 30.3 Å². The summed E-state index contributed by atoms with van der Waals surface area (Å²) in [7, 11) is 0. The molecule has 1 unspecified atom stereocenters. The fraction of sp³-hybridized carbons (Fsp3) is 0.263. The van der Waals surface area contributed by atoms with Crippen LogP contribution in [0.2, 0.25) is 0 Å². The van der Waals surface area contributed by atoms with Crippen LogP contribution >= 0.6 is 0 Å². The lowest BCUT2D eigenvalue weighted by atomic mass is 10.1. The number of aromatic nitrogens is 2. The zero-order chi connectivity index (χ0) is 18.6. The second-order valence-corrected chi connectivity index (χ2v) is 6.02. The predicted octanol–water partition coefficient (Wildman–Crippen LogP) is 3.92. The highest BCUT2D eigenvalue weighted by molar-refractivity contribution is 5.54. The van der Waals surface area contributed by atoms with Gasteiger partial charge in [-0.2, -0.15) is 13.8 Å². The molecule has 1 aliphatic heterocycles. The Kier molecular flexibility index (Phi) is 4.97. The summed E-state index contributed by atoms with van der Waals surface area (Å²) < 4.78 is 40.1. The molecule has 27 heavy (non-hydrogen) atoms. The van der Waals surface area contributed by atoms with Gasteiger partial charge < -0.3 is 18.9 Å². The van der Waals surface area contributed by atoms with Crippen LogP contribution in [0.15, 0.2) is 59.1 Å². The van der Waals surface area contributed by atoms with Crippen molar-refractivity contribution in [1.29, 1.82) is 0 Å². The summed E-state index contributed by atoms with van der Waals surface area (Å²) in [6, 6.07) is 16.0. The van der Waals surface area contributed by atoms with E-state index in [1.165, 1.54) is 12.1 Å². The summed E-state index contributed by atoms with van der Waals surface area (Å²) in [6.45, 7) is -1.18. The molecule has 0 aliphatic carbocycles. The normalized spacial score (nSPS) is 17.3. The molecule has 1 atom stereocenters. The standard InChI is InChI=1S/C19H17F2N3O3/c20-18(21)26-15-8-6-13(7-9-15)16-12-24(10-11-25-16)19-22-17(27-23-19)14-4-2-1-3-5-14/h1-9,16,18H,10-12H2. The van der Waals surface area contributed by atoms with Gasteiger partial charge in [0, 0.05) is 12.1 Å². The van der Waals surface area contributed by atoms with Gasteiger partial charge in [0.05, 0.1) is 13.2 Å². The van der Waals surface area contributed by atoms with E-state index in [2.05, 4.69) is 14.9 Å². The van der Waals surface area contributed by atoms with Gasteiger partial charge in [-0.3, -0.25) is 0 Å². The number of nitrogens with zero attached hydrogens (tertiary/aromatic N) is 3. The molecule has 0 spiro atoms. The van der Waals surface area contributed by atoms with Gasteiger partial charge in [0.15, 0.2) is 0 Å². The van der Waals surface area contributed by atoms with E-state index in [9.17, 15) is 8.78 Å². The number of hydrogen-bond donors (Lipinski definition) is 0. The molecule has 6 nitrogen and oxygen atoms in total. The molecule has 140 valence electrons. The largest absolute Gasteiger partial charge is 0.435 e. The van der Waals surface area contributed by atoms with Gasteiger partial charge in [0.25, 0.3) is 11.8 Å². The van der Waals surface area contributed by atoms with Crippen molar-refractivity contribution in [2.75, 3.05) is 24.6 Å². The summed E-state index contributed by atoms with van der Waals surface area (Å²) in [5.41, 5.74) is 1.73. The number of benzene rings is 2. The fourth-order valence-electron chi connectivity index (χ4n) is 2.94. The average Bonchev–Trinajstić information content (AvgIpc) is 3.19. The number of rotatable bonds is 5. The zero-order valence-electron chi connectivity index (χ0n) is 14.3. The Morgan fingerprint density at radius 2 is 1.85 bits per heavy atom. The number of halogens is 2. The predicted molar refractivity (Wildman–Crippen MR) is 93.7 cm³/mol. The number of morpholine rings is 1. The third-order valence-corrected chi connectivity index (χ3v) is 4.26. The van der Waals surface area contributed by atoms with Crippen molar-refractivity contribution in [3.63, 3.8) is 0 Å². The maximum absolute atomic E-state index is 12.3. The van der Waals surface area contributed by atoms with Gasteiger partial charge in [-0.15, -0.1) is 0 Å². The fourth-order valence-corrected chi connectivity index (χ4v) is 2.94. The Morgan fingerprint density at radius 3 is 2.59 bits per heavy atom. The van der Waals surface area contributed by atoms with Crippen molar-refractivity contribution in [3.8, 4) is 17.2 Å². The van der Waals surface area contributed by atoms with Crippen LogP contribution in [0.25, 0.3) is 11.5 Å². The van der Waals surface area contributed by atoms with Crippen molar-refractivity contribution in [2.45, 2.75) is 12.7 Å². The Bertz CT molecular complexity index is 871. The van der Waals surface area contributed by atoms with Crippen LogP contribution in [0.3, 0.4) is 0 Å². The molecule has 8 heteroatoms. The van der Waals surface area contributed by atoms with E-state index in [1.54, 1.807) is 12.1 Å². The van der Waals surface area contributed by atoms with Crippen LogP contribution in [-0.4, -0.2) is 36.4 Å². The van der Waals surface area contributed by atoms with Crippen LogP contribution in [-0.2, 0) is 4.74 Å². The van der Waals surface area contributed by atoms with E-state index in [-0.39, 0.29) is 11.9 Å². The summed E-state index contributed by atoms with van der Waals surface area (Å²) in [5.74, 6) is 1.08. The van der Waals surface area contributed by atoms with E-state index in [4.69, 9.17) is 9.26 Å². The van der Waals surface area contributed by atoms with Crippen LogP contribution in [0.5, 0.6) is 5.75 Å². The molecule has 2 heterocycles. The maximum Gasteiger partial charge on any atom is 0.387 e. The average molecular weight is 373 g/mol. The van der Waals surface area contributed by atoms with Crippen molar-refractivity contribution in [1.82, 2.24) is 10.1 Å². The minimum Gasteiger partial charge on any atom is -0.435 e. The van der Waals surface area contributed by atoms with Crippen LogP contribution in [0, 0.1) is 0 Å². The van der Waals surface area contributed by atoms with Crippen LogP contribution in [0.4, 0.5) is 14.7 Å². The first-order chi connectivity index (χ1) is 13.2. The van der Waals surface area contributed by atoms with Crippen molar-refractivity contribution < 1.29 is 22.8 Å². The van der Waals surface area contributed by atoms with E-state index in [0.717, 1.165) is 11.1 Å². The third-order valence-electron chi connectivity index (χ3n) is 4.26. The van der Waals surface area contributed by atoms with Crippen molar-refractivity contribution in [3.05, 3.63) is 60.2 Å². The van der Waals surface area contributed by atoms with Gasteiger partial charge in [0.1, 0.15) is 11.9 Å². The Morgan fingerprint density at radius 1 is 1.07 bits per heavy atom. The summed E-state index contributed by atoms with van der Waals surface area (Å²) >= 11 is 0. The summed E-state index contributed by atoms with van der Waals surface area (Å²) in [6.07, 6.45) is -0.224. The first kappa shape index (κ1) is 17.4. The van der Waals surface area contributed by atoms with Crippen molar-refractivity contribution >= 4 is 5.95 Å². The Balaban J connectivity index is 1.46. The highest BCUT2D eigenvalue weighted by atomic mass is 19.3. The molecule has 2 aromatic carbocycles. The molecule has 1 saturated heterocycles. The van der Waals surface area contributed by atoms with E-state index in [1.807, 2.05) is 35.2 Å². The molecular formula is C19H17F2N3O3. The number of ether oxygens (including phenoxy) is 2. The Hall–Kier alpha value is -3.00. The summed E-state index contributed by atoms with van der Waals surface area (Å²) in [4.78, 5) is 6.45. The monoisotopic (exact) mass is 373 g/mol. The second-order valence-electron chi connectivity index (χ2n) is 6.02. The van der Waals surface area contributed by atoms with Gasteiger partial charge in [-0.25, -0.2) is 0 Å². The van der Waals surface area contributed by atoms with Crippen molar-refractivity contribution in [2.24, 2.45) is 0 Å². The number of anilines is 1. The number of hydrogen-bond acceptors (Lipinski definition) is 6. The molecule has 1 aliphatic rings. The molecule has 1 aromatic heterocycles. The van der Waals surface area contributed by atoms with Crippen LogP contribution in [0.1, 0.15) is 11.7 Å².